The number of primary amides is 1. The van der Waals surface area contributed by atoms with Gasteiger partial charge in [0.25, 0.3) is 5.91 Å². The summed E-state index contributed by atoms with van der Waals surface area (Å²) in [6.45, 7) is 4.68. The van der Waals surface area contributed by atoms with E-state index in [2.05, 4.69) is 26.9 Å². The van der Waals surface area contributed by atoms with E-state index in [1.807, 2.05) is 18.2 Å². The number of rotatable bonds is 7. The van der Waals surface area contributed by atoms with Gasteiger partial charge in [0.05, 0.1) is 23.4 Å². The number of nitrogens with zero attached hydrogens (tertiary/aromatic N) is 3. The van der Waals surface area contributed by atoms with Crippen LogP contribution >= 0.6 is 11.3 Å². The van der Waals surface area contributed by atoms with Crippen molar-refractivity contribution in [3.8, 4) is 5.75 Å². The van der Waals surface area contributed by atoms with Crippen molar-refractivity contribution in [3.63, 3.8) is 0 Å². The van der Waals surface area contributed by atoms with Crippen LogP contribution in [0.2, 0.25) is 0 Å². The molecule has 4 rings (SSSR count). The Kier molecular flexibility index (Phi) is 6.43. The number of fused-ring (bicyclic) bond motifs is 1. The van der Waals surface area contributed by atoms with Gasteiger partial charge in [-0.2, -0.15) is 0 Å². The summed E-state index contributed by atoms with van der Waals surface area (Å²) in [7, 11) is 1.66. The summed E-state index contributed by atoms with van der Waals surface area (Å²) in [5.74, 6) is 0.331. The maximum absolute atomic E-state index is 11.7. The lowest BCUT2D eigenvalue weighted by molar-refractivity contribution is 0.100. The van der Waals surface area contributed by atoms with Crippen LogP contribution in [0, 0.1) is 0 Å². The molecule has 0 saturated carbocycles. The van der Waals surface area contributed by atoms with E-state index in [4.69, 9.17) is 20.9 Å². The number of nitrogen functional groups attached to an aromatic ring is 1. The summed E-state index contributed by atoms with van der Waals surface area (Å²) in [6, 6.07) is 10.2. The Morgan fingerprint density at radius 1 is 1.10 bits per heavy atom. The lowest BCUT2D eigenvalue weighted by Gasteiger charge is -2.25. The highest BCUT2D eigenvalue weighted by molar-refractivity contribution is 7.21. The number of thiophene rings is 1. The van der Waals surface area contributed by atoms with E-state index in [0.29, 0.717) is 23.8 Å². The van der Waals surface area contributed by atoms with Crippen LogP contribution in [0.3, 0.4) is 0 Å². The van der Waals surface area contributed by atoms with E-state index in [9.17, 15) is 4.79 Å². The number of nitrogens with two attached hydrogens (primary N) is 2. The highest BCUT2D eigenvalue weighted by Crippen LogP contribution is 2.38. The number of carbonyl (C=O) groups excluding carboxylic acids is 1. The number of hydrogen-bond acceptors (Lipinski definition) is 8. The average molecular weight is 442 g/mol. The monoisotopic (exact) mass is 441 g/mol. The van der Waals surface area contributed by atoms with Gasteiger partial charge in [0.1, 0.15) is 22.1 Å². The molecular weight excluding hydrogens is 414 g/mol. The SMILES string of the molecule is COCCOc1ccc(N2CCCN(c3ccnc4sc(C(N)=O)c(N)c34)CC2)cc1. The largest absolute Gasteiger partial charge is 0.491 e. The fraction of sp³-hybridized carbons (Fsp3) is 0.364. The number of anilines is 3. The highest BCUT2D eigenvalue weighted by Gasteiger charge is 2.22. The second kappa shape index (κ2) is 9.40. The third kappa shape index (κ3) is 4.52. The molecule has 0 unspecified atom stereocenters. The van der Waals surface area contributed by atoms with Crippen LogP contribution in [0.1, 0.15) is 16.1 Å². The Morgan fingerprint density at radius 3 is 2.58 bits per heavy atom. The molecule has 1 aromatic carbocycles. The molecule has 1 aliphatic rings. The van der Waals surface area contributed by atoms with E-state index in [0.717, 1.165) is 54.3 Å². The van der Waals surface area contributed by atoms with Crippen LogP contribution in [0.4, 0.5) is 17.1 Å². The Balaban J connectivity index is 1.49. The number of amides is 1. The molecular formula is C22H27N5O3S. The maximum Gasteiger partial charge on any atom is 0.260 e. The summed E-state index contributed by atoms with van der Waals surface area (Å²) in [5.41, 5.74) is 14.4. The summed E-state index contributed by atoms with van der Waals surface area (Å²) in [4.78, 5) is 21.9. The molecule has 1 fully saturated rings. The molecule has 2 aromatic heterocycles. The van der Waals surface area contributed by atoms with Gasteiger partial charge in [0.15, 0.2) is 0 Å². The standard InChI is InChI=1S/C22H27N5O3S/c1-29-13-14-30-16-5-3-15(4-6-16)26-9-2-10-27(12-11-26)17-7-8-25-22-18(17)19(23)20(31-22)21(24)28/h3-8H,2,9-14,23H2,1H3,(H2,24,28). The van der Waals surface area contributed by atoms with E-state index in [-0.39, 0.29) is 0 Å². The molecule has 1 saturated heterocycles. The molecule has 3 aromatic rings. The predicted octanol–water partition coefficient (Wildman–Crippen LogP) is 2.72. The van der Waals surface area contributed by atoms with Gasteiger partial charge in [-0.05, 0) is 36.8 Å². The molecule has 0 aliphatic carbocycles. The molecule has 0 radical (unpaired) electrons. The first kappa shape index (κ1) is 21.2. The van der Waals surface area contributed by atoms with Crippen molar-refractivity contribution < 1.29 is 14.3 Å². The van der Waals surface area contributed by atoms with Gasteiger partial charge in [-0.15, -0.1) is 11.3 Å². The van der Waals surface area contributed by atoms with Gasteiger partial charge in [-0.1, -0.05) is 0 Å². The molecule has 8 nitrogen and oxygen atoms in total. The second-order valence-electron chi connectivity index (χ2n) is 7.38. The van der Waals surface area contributed by atoms with Gasteiger partial charge in [-0.25, -0.2) is 4.98 Å². The first-order valence-electron chi connectivity index (χ1n) is 10.3. The zero-order chi connectivity index (χ0) is 21.8. The summed E-state index contributed by atoms with van der Waals surface area (Å²) >= 11 is 1.25. The summed E-state index contributed by atoms with van der Waals surface area (Å²) in [6.07, 6.45) is 2.77. The van der Waals surface area contributed by atoms with Gasteiger partial charge >= 0.3 is 0 Å². The van der Waals surface area contributed by atoms with Crippen molar-refractivity contribution in [1.29, 1.82) is 0 Å². The lowest BCUT2D eigenvalue weighted by Crippen LogP contribution is -2.30. The van der Waals surface area contributed by atoms with Crippen LogP contribution in [-0.2, 0) is 4.74 Å². The van der Waals surface area contributed by atoms with Crippen molar-refractivity contribution in [1.82, 2.24) is 4.98 Å². The van der Waals surface area contributed by atoms with Gasteiger partial charge in [0.2, 0.25) is 0 Å². The van der Waals surface area contributed by atoms with Crippen molar-refractivity contribution in [3.05, 3.63) is 41.4 Å². The number of benzene rings is 1. The van der Waals surface area contributed by atoms with Crippen LogP contribution < -0.4 is 26.0 Å². The molecule has 9 heteroatoms. The fourth-order valence-electron chi connectivity index (χ4n) is 3.89. The van der Waals surface area contributed by atoms with Crippen molar-refractivity contribution in [2.75, 3.05) is 62.0 Å². The fourth-order valence-corrected chi connectivity index (χ4v) is 4.82. The topological polar surface area (TPSA) is 107 Å². The average Bonchev–Trinajstić information content (AvgIpc) is 2.96. The Bertz CT molecular complexity index is 1050. The molecule has 31 heavy (non-hydrogen) atoms. The number of methoxy groups -OCH3 is 1. The minimum atomic E-state index is -0.511. The smallest absolute Gasteiger partial charge is 0.260 e. The highest BCUT2D eigenvalue weighted by atomic mass is 32.1. The normalized spacial score (nSPS) is 14.6. The zero-order valence-corrected chi connectivity index (χ0v) is 18.4. The van der Waals surface area contributed by atoms with Crippen molar-refractivity contribution in [2.24, 2.45) is 5.73 Å². The predicted molar refractivity (Wildman–Crippen MR) is 125 cm³/mol. The Morgan fingerprint density at radius 2 is 1.84 bits per heavy atom. The number of ether oxygens (including phenoxy) is 2. The van der Waals surface area contributed by atoms with Gasteiger partial charge in [-0.3, -0.25) is 4.79 Å². The van der Waals surface area contributed by atoms with Crippen LogP contribution in [-0.4, -0.2) is 57.4 Å². The minimum Gasteiger partial charge on any atom is -0.491 e. The molecule has 0 bridgehead atoms. The second-order valence-corrected chi connectivity index (χ2v) is 8.38. The molecule has 164 valence electrons. The Hall–Kier alpha value is -3.04. The van der Waals surface area contributed by atoms with Gasteiger partial charge in [0, 0.05) is 45.2 Å². The van der Waals surface area contributed by atoms with Gasteiger partial charge < -0.3 is 30.7 Å². The first-order chi connectivity index (χ1) is 15.1. The lowest BCUT2D eigenvalue weighted by atomic mass is 10.2. The van der Waals surface area contributed by atoms with E-state index in [1.165, 1.54) is 17.0 Å². The van der Waals surface area contributed by atoms with E-state index < -0.39 is 5.91 Å². The molecule has 0 atom stereocenters. The molecule has 4 N–H and O–H groups in total. The van der Waals surface area contributed by atoms with Crippen LogP contribution in [0.5, 0.6) is 5.75 Å². The quantitative estimate of drug-likeness (QED) is 0.543. The third-order valence-electron chi connectivity index (χ3n) is 5.43. The molecule has 1 aliphatic heterocycles. The van der Waals surface area contributed by atoms with E-state index >= 15 is 0 Å². The number of pyridine rings is 1. The number of aromatic nitrogens is 1. The minimum absolute atomic E-state index is 0.374. The molecule has 3 heterocycles. The number of carbonyl (C=O) groups is 1. The van der Waals surface area contributed by atoms with E-state index in [1.54, 1.807) is 13.3 Å². The van der Waals surface area contributed by atoms with Crippen molar-refractivity contribution >= 4 is 44.5 Å². The van der Waals surface area contributed by atoms with Crippen LogP contribution in [0.15, 0.2) is 36.5 Å². The summed E-state index contributed by atoms with van der Waals surface area (Å²) < 4.78 is 10.7. The summed E-state index contributed by atoms with van der Waals surface area (Å²) in [5, 5.41) is 0.826. The van der Waals surface area contributed by atoms with Crippen LogP contribution in [0.25, 0.3) is 10.2 Å². The third-order valence-corrected chi connectivity index (χ3v) is 6.55. The first-order valence-corrected chi connectivity index (χ1v) is 11.1. The molecule has 0 spiro atoms. The zero-order valence-electron chi connectivity index (χ0n) is 17.5. The Labute approximate surface area is 185 Å². The number of hydrogen-bond donors (Lipinski definition) is 2. The molecule has 1 amide bonds. The maximum atomic E-state index is 11.7. The van der Waals surface area contributed by atoms with Crippen molar-refractivity contribution in [2.45, 2.75) is 6.42 Å².